The molecule has 0 amide bonds. The maximum atomic E-state index is 12.7. The largest absolute Gasteiger partial charge is 0.478 e. The Balaban J connectivity index is 2.20. The number of benzene rings is 1. The van der Waals surface area contributed by atoms with Gasteiger partial charge < -0.3 is 5.11 Å². The zero-order chi connectivity index (χ0) is 17.9. The second-order valence-corrected chi connectivity index (χ2v) is 7.99. The molecule has 1 heterocycles. The van der Waals surface area contributed by atoms with Crippen molar-refractivity contribution in [2.45, 2.75) is 30.7 Å². The molecule has 1 fully saturated rings. The number of nitrogens with zero attached hydrogens (tertiary/aromatic N) is 1. The highest BCUT2D eigenvalue weighted by Gasteiger charge is 2.27. The first-order chi connectivity index (χ1) is 11.2. The lowest BCUT2D eigenvalue weighted by Gasteiger charge is -2.31. The molecule has 0 aromatic heterocycles. The lowest BCUT2D eigenvalue weighted by atomic mass is 10.1. The van der Waals surface area contributed by atoms with Gasteiger partial charge in [-0.2, -0.15) is 0 Å². The van der Waals surface area contributed by atoms with Gasteiger partial charge in [-0.25, -0.2) is 17.9 Å². The molecule has 0 aliphatic carbocycles. The quantitative estimate of drug-likeness (QED) is 0.748. The SMILES string of the molecule is C=CCN1CCC(NS(=O)(=O)c2cc(Cl)cc(C(=O)O)c2C)CC1. The monoisotopic (exact) mass is 372 g/mol. The van der Waals surface area contributed by atoms with E-state index in [1.165, 1.54) is 19.1 Å². The molecule has 2 N–H and O–H groups in total. The molecule has 1 aliphatic rings. The van der Waals surface area contributed by atoms with E-state index in [1.807, 2.05) is 6.08 Å². The molecule has 0 radical (unpaired) electrons. The number of carbonyl (C=O) groups is 1. The molecule has 132 valence electrons. The van der Waals surface area contributed by atoms with Crippen LogP contribution >= 0.6 is 11.6 Å². The van der Waals surface area contributed by atoms with Crippen molar-refractivity contribution in [3.05, 3.63) is 40.9 Å². The van der Waals surface area contributed by atoms with Gasteiger partial charge in [-0.15, -0.1) is 6.58 Å². The summed E-state index contributed by atoms with van der Waals surface area (Å²) in [7, 11) is -3.84. The smallest absolute Gasteiger partial charge is 0.336 e. The van der Waals surface area contributed by atoms with Gasteiger partial charge in [0.15, 0.2) is 0 Å². The Morgan fingerprint density at radius 2 is 2.08 bits per heavy atom. The first kappa shape index (κ1) is 18.9. The number of carboxylic acid groups (broad SMARTS) is 1. The van der Waals surface area contributed by atoms with Crippen LogP contribution in [0.2, 0.25) is 5.02 Å². The Morgan fingerprint density at radius 3 is 2.62 bits per heavy atom. The predicted octanol–water partition coefficient (Wildman–Crippen LogP) is 2.28. The Morgan fingerprint density at radius 1 is 1.46 bits per heavy atom. The Labute approximate surface area is 147 Å². The van der Waals surface area contributed by atoms with Crippen LogP contribution in [0.3, 0.4) is 0 Å². The van der Waals surface area contributed by atoms with Crippen LogP contribution in [0.25, 0.3) is 0 Å². The number of sulfonamides is 1. The molecule has 2 rings (SSSR count). The maximum Gasteiger partial charge on any atom is 0.336 e. The van der Waals surface area contributed by atoms with Gasteiger partial charge in [0.1, 0.15) is 0 Å². The third-order valence-corrected chi connectivity index (χ3v) is 6.01. The number of hydrogen-bond acceptors (Lipinski definition) is 4. The van der Waals surface area contributed by atoms with Crippen molar-refractivity contribution in [1.82, 2.24) is 9.62 Å². The summed E-state index contributed by atoms with van der Waals surface area (Å²) in [5, 5.41) is 9.28. The molecule has 1 aromatic carbocycles. The number of hydrogen-bond donors (Lipinski definition) is 2. The first-order valence-corrected chi connectivity index (χ1v) is 9.49. The maximum absolute atomic E-state index is 12.7. The number of piperidine rings is 1. The van der Waals surface area contributed by atoms with Gasteiger partial charge in [0, 0.05) is 17.6 Å². The summed E-state index contributed by atoms with van der Waals surface area (Å²) in [6.07, 6.45) is 3.21. The van der Waals surface area contributed by atoms with Crippen LogP contribution in [0.15, 0.2) is 29.7 Å². The van der Waals surface area contributed by atoms with E-state index in [0.717, 1.165) is 19.6 Å². The molecule has 1 aromatic rings. The fourth-order valence-electron chi connectivity index (χ4n) is 2.85. The van der Waals surface area contributed by atoms with Gasteiger partial charge in [-0.3, -0.25) is 4.90 Å². The summed E-state index contributed by atoms with van der Waals surface area (Å²) < 4.78 is 28.0. The van der Waals surface area contributed by atoms with E-state index >= 15 is 0 Å². The first-order valence-electron chi connectivity index (χ1n) is 7.63. The van der Waals surface area contributed by atoms with Crippen molar-refractivity contribution < 1.29 is 18.3 Å². The molecular formula is C16H21ClN2O4S. The molecule has 0 spiro atoms. The lowest BCUT2D eigenvalue weighted by Crippen LogP contribution is -2.44. The van der Waals surface area contributed by atoms with E-state index in [1.54, 1.807) is 0 Å². The van der Waals surface area contributed by atoms with Crippen LogP contribution in [0.1, 0.15) is 28.8 Å². The molecular weight excluding hydrogens is 352 g/mol. The second kappa shape index (κ2) is 7.65. The number of rotatable bonds is 6. The van der Waals surface area contributed by atoms with E-state index in [-0.39, 0.29) is 27.1 Å². The fraction of sp³-hybridized carbons (Fsp3) is 0.438. The summed E-state index contributed by atoms with van der Waals surface area (Å²) in [5.74, 6) is -1.20. The van der Waals surface area contributed by atoms with Gasteiger partial charge in [-0.05, 0) is 50.6 Å². The van der Waals surface area contributed by atoms with Crippen molar-refractivity contribution in [1.29, 1.82) is 0 Å². The van der Waals surface area contributed by atoms with E-state index in [9.17, 15) is 18.3 Å². The van der Waals surface area contributed by atoms with Crippen LogP contribution in [0.5, 0.6) is 0 Å². The van der Waals surface area contributed by atoms with E-state index in [4.69, 9.17) is 11.6 Å². The highest BCUT2D eigenvalue weighted by molar-refractivity contribution is 7.89. The Bertz CT molecular complexity index is 741. The summed E-state index contributed by atoms with van der Waals surface area (Å²) >= 11 is 5.90. The average molecular weight is 373 g/mol. The fourth-order valence-corrected chi connectivity index (χ4v) is 4.73. The molecule has 6 nitrogen and oxygen atoms in total. The van der Waals surface area contributed by atoms with Gasteiger partial charge in [0.25, 0.3) is 0 Å². The molecule has 24 heavy (non-hydrogen) atoms. The van der Waals surface area contributed by atoms with Crippen LogP contribution in [0.4, 0.5) is 0 Å². The number of likely N-dealkylation sites (tertiary alicyclic amines) is 1. The topological polar surface area (TPSA) is 86.7 Å². The second-order valence-electron chi connectivity index (χ2n) is 5.87. The third-order valence-electron chi connectivity index (χ3n) is 4.14. The lowest BCUT2D eigenvalue weighted by molar-refractivity contribution is 0.0696. The summed E-state index contributed by atoms with van der Waals surface area (Å²) in [4.78, 5) is 13.4. The highest BCUT2D eigenvalue weighted by Crippen LogP contribution is 2.25. The Hall–Kier alpha value is -1.41. The van der Waals surface area contributed by atoms with Crippen molar-refractivity contribution in [3.8, 4) is 0 Å². The minimum absolute atomic E-state index is 0.0825. The van der Waals surface area contributed by atoms with E-state index in [0.29, 0.717) is 12.8 Å². The van der Waals surface area contributed by atoms with Gasteiger partial charge in [0.2, 0.25) is 10.0 Å². The molecule has 0 bridgehead atoms. The number of aromatic carboxylic acids is 1. The Kier molecular flexibility index (Phi) is 6.03. The number of halogens is 1. The molecule has 1 aliphatic heterocycles. The standard InChI is InChI=1S/C16H21ClN2O4S/c1-3-6-19-7-4-13(5-8-19)18-24(22,23)15-10-12(17)9-14(11(15)2)16(20)21/h3,9-10,13,18H,1,4-8H2,2H3,(H,20,21). The van der Waals surface area contributed by atoms with Crippen molar-refractivity contribution in [2.24, 2.45) is 0 Å². The third kappa shape index (κ3) is 4.36. The predicted molar refractivity (Wildman–Crippen MR) is 93.1 cm³/mol. The van der Waals surface area contributed by atoms with Crippen LogP contribution < -0.4 is 4.72 Å². The van der Waals surface area contributed by atoms with E-state index in [2.05, 4.69) is 16.2 Å². The molecule has 8 heteroatoms. The van der Waals surface area contributed by atoms with Crippen LogP contribution in [0, 0.1) is 6.92 Å². The van der Waals surface area contributed by atoms with Crippen molar-refractivity contribution >= 4 is 27.6 Å². The molecule has 0 atom stereocenters. The zero-order valence-corrected chi connectivity index (χ0v) is 15.0. The summed E-state index contributed by atoms with van der Waals surface area (Å²) in [6.45, 7) is 7.53. The van der Waals surface area contributed by atoms with E-state index < -0.39 is 16.0 Å². The summed E-state index contributed by atoms with van der Waals surface area (Å²) in [6, 6.07) is 2.37. The minimum atomic E-state index is -3.84. The summed E-state index contributed by atoms with van der Waals surface area (Å²) in [5.41, 5.74) is 0.0761. The number of nitrogens with one attached hydrogen (secondary N) is 1. The highest BCUT2D eigenvalue weighted by atomic mass is 35.5. The van der Waals surface area contributed by atoms with Gasteiger partial charge in [-0.1, -0.05) is 17.7 Å². The number of carboxylic acids is 1. The minimum Gasteiger partial charge on any atom is -0.478 e. The van der Waals surface area contributed by atoms with Gasteiger partial charge >= 0.3 is 5.97 Å². The zero-order valence-electron chi connectivity index (χ0n) is 13.5. The van der Waals surface area contributed by atoms with Crippen molar-refractivity contribution in [3.63, 3.8) is 0 Å². The average Bonchev–Trinajstić information content (AvgIpc) is 2.51. The van der Waals surface area contributed by atoms with Gasteiger partial charge in [0.05, 0.1) is 10.5 Å². The van der Waals surface area contributed by atoms with Crippen molar-refractivity contribution in [2.75, 3.05) is 19.6 Å². The normalized spacial score (nSPS) is 16.9. The van der Waals surface area contributed by atoms with Crippen LogP contribution in [-0.4, -0.2) is 50.1 Å². The molecule has 1 saturated heterocycles. The van der Waals surface area contributed by atoms with Crippen LogP contribution in [-0.2, 0) is 10.0 Å². The molecule has 0 saturated carbocycles. The molecule has 0 unspecified atom stereocenters.